The first-order chi connectivity index (χ1) is 13.5. The maximum atomic E-state index is 12.6. The fourth-order valence-corrected chi connectivity index (χ4v) is 4.31. The van der Waals surface area contributed by atoms with Crippen LogP contribution in [-0.4, -0.2) is 31.7 Å². The van der Waals surface area contributed by atoms with Crippen molar-refractivity contribution in [1.29, 1.82) is 0 Å². The molecule has 2 rings (SSSR count). The van der Waals surface area contributed by atoms with Crippen molar-refractivity contribution in [2.24, 2.45) is 0 Å². The second kappa shape index (κ2) is 9.15. The van der Waals surface area contributed by atoms with E-state index in [4.69, 9.17) is 11.6 Å². The number of carbonyl (C=O) groups excluding carboxylic acids is 1. The van der Waals surface area contributed by atoms with Crippen LogP contribution < -0.4 is 5.32 Å². The quantitative estimate of drug-likeness (QED) is 0.674. The largest absolute Gasteiger partial charge is 0.416 e. The second-order valence-electron chi connectivity index (χ2n) is 6.15. The van der Waals surface area contributed by atoms with Gasteiger partial charge in [0.05, 0.1) is 27.6 Å². The maximum absolute atomic E-state index is 12.6. The Kier molecular flexibility index (Phi) is 7.31. The van der Waals surface area contributed by atoms with Crippen molar-refractivity contribution in [3.05, 3.63) is 58.6 Å². The van der Waals surface area contributed by atoms with Gasteiger partial charge < -0.3 is 5.32 Å². The smallest absolute Gasteiger partial charge is 0.324 e. The van der Waals surface area contributed by atoms with E-state index < -0.39 is 27.7 Å². The molecule has 0 aromatic heterocycles. The highest BCUT2D eigenvalue weighted by Gasteiger charge is 2.30. The normalized spacial score (nSPS) is 12.2. The average Bonchev–Trinajstić information content (AvgIpc) is 2.63. The fourth-order valence-electron chi connectivity index (χ4n) is 2.66. The maximum Gasteiger partial charge on any atom is 0.416 e. The molecule has 0 radical (unpaired) electrons. The van der Waals surface area contributed by atoms with E-state index in [2.05, 4.69) is 5.32 Å². The Morgan fingerprint density at radius 1 is 1.07 bits per heavy atom. The molecule has 0 heterocycles. The number of sulfonamides is 1. The number of nitrogens with zero attached hydrogens (tertiary/aromatic N) is 1. The van der Waals surface area contributed by atoms with Gasteiger partial charge in [-0.25, -0.2) is 8.42 Å². The molecular formula is C19H20ClF3N2O3S. The van der Waals surface area contributed by atoms with Gasteiger partial charge in [-0.15, -0.1) is 0 Å². The van der Waals surface area contributed by atoms with Crippen LogP contribution >= 0.6 is 11.6 Å². The van der Waals surface area contributed by atoms with E-state index in [1.165, 1.54) is 34.6 Å². The molecule has 5 nitrogen and oxygen atoms in total. The predicted molar refractivity (Wildman–Crippen MR) is 105 cm³/mol. The lowest BCUT2D eigenvalue weighted by atomic mass is 10.1. The summed E-state index contributed by atoms with van der Waals surface area (Å²) in [6.07, 6.45) is -4.65. The molecule has 1 amide bonds. The minimum atomic E-state index is -4.45. The molecule has 2 aromatic carbocycles. The van der Waals surface area contributed by atoms with E-state index in [9.17, 15) is 26.4 Å². The van der Waals surface area contributed by atoms with Gasteiger partial charge in [-0.1, -0.05) is 37.6 Å². The predicted octanol–water partition coefficient (Wildman–Crippen LogP) is 4.57. The number of anilines is 1. The summed E-state index contributed by atoms with van der Waals surface area (Å²) in [7, 11) is -3.74. The lowest BCUT2D eigenvalue weighted by Crippen LogP contribution is -2.30. The number of hydrogen-bond donors (Lipinski definition) is 1. The molecule has 0 saturated carbocycles. The highest BCUT2D eigenvalue weighted by atomic mass is 35.5. The van der Waals surface area contributed by atoms with E-state index in [0.29, 0.717) is 5.56 Å². The molecule has 2 aromatic rings. The van der Waals surface area contributed by atoms with Crippen molar-refractivity contribution in [3.63, 3.8) is 0 Å². The molecule has 0 unspecified atom stereocenters. The molecule has 0 bridgehead atoms. The number of halogens is 4. The zero-order valence-electron chi connectivity index (χ0n) is 15.8. The van der Waals surface area contributed by atoms with Crippen molar-refractivity contribution in [3.8, 4) is 0 Å². The van der Waals surface area contributed by atoms with Gasteiger partial charge >= 0.3 is 6.18 Å². The Bertz CT molecular complexity index is 973. The van der Waals surface area contributed by atoms with Crippen LogP contribution in [0.3, 0.4) is 0 Å². The SMILES string of the molecule is CCN(CC)S(=O)(=O)c1ccc(Cl)c(NC(=O)Cc2ccc(C(F)(F)F)cc2)c1. The van der Waals surface area contributed by atoms with E-state index >= 15 is 0 Å². The molecule has 1 N–H and O–H groups in total. The number of hydrogen-bond acceptors (Lipinski definition) is 3. The summed E-state index contributed by atoms with van der Waals surface area (Å²) in [5, 5.41) is 2.66. The van der Waals surface area contributed by atoms with Crippen LogP contribution in [0.15, 0.2) is 47.4 Å². The third-order valence-electron chi connectivity index (χ3n) is 4.20. The van der Waals surface area contributed by atoms with Crippen LogP contribution in [0.1, 0.15) is 25.0 Å². The van der Waals surface area contributed by atoms with Crippen molar-refractivity contribution < 1.29 is 26.4 Å². The number of nitrogens with one attached hydrogen (secondary N) is 1. The highest BCUT2D eigenvalue weighted by molar-refractivity contribution is 7.89. The summed E-state index contributed by atoms with van der Waals surface area (Å²) >= 11 is 6.06. The van der Waals surface area contributed by atoms with E-state index in [1.54, 1.807) is 13.8 Å². The lowest BCUT2D eigenvalue weighted by molar-refractivity contribution is -0.137. The Morgan fingerprint density at radius 2 is 1.66 bits per heavy atom. The van der Waals surface area contributed by atoms with E-state index in [0.717, 1.165) is 12.1 Å². The third-order valence-corrected chi connectivity index (χ3v) is 6.58. The van der Waals surface area contributed by atoms with Crippen molar-refractivity contribution in [2.75, 3.05) is 18.4 Å². The third kappa shape index (κ3) is 5.71. The summed E-state index contributed by atoms with van der Waals surface area (Å²) in [6.45, 7) is 4.00. The molecule has 0 aliphatic heterocycles. The summed E-state index contributed by atoms with van der Waals surface area (Å²) < 4.78 is 64.3. The second-order valence-corrected chi connectivity index (χ2v) is 8.50. The monoisotopic (exact) mass is 448 g/mol. The van der Waals surface area contributed by atoms with Crippen molar-refractivity contribution in [1.82, 2.24) is 4.31 Å². The van der Waals surface area contributed by atoms with Gasteiger partial charge in [0.25, 0.3) is 0 Å². The molecule has 0 saturated heterocycles. The van der Waals surface area contributed by atoms with Gasteiger partial charge in [0.15, 0.2) is 0 Å². The first-order valence-electron chi connectivity index (χ1n) is 8.74. The van der Waals surface area contributed by atoms with Crippen LogP contribution in [0.2, 0.25) is 5.02 Å². The molecule has 10 heteroatoms. The Morgan fingerprint density at radius 3 is 2.17 bits per heavy atom. The van der Waals surface area contributed by atoms with Gasteiger partial charge in [-0.3, -0.25) is 4.79 Å². The number of benzene rings is 2. The van der Waals surface area contributed by atoms with Crippen LogP contribution in [0, 0.1) is 0 Å². The summed E-state index contributed by atoms with van der Waals surface area (Å²) in [6, 6.07) is 8.20. The van der Waals surface area contributed by atoms with Crippen molar-refractivity contribution in [2.45, 2.75) is 31.3 Å². The average molecular weight is 449 g/mol. The van der Waals surface area contributed by atoms with Crippen molar-refractivity contribution >= 4 is 33.2 Å². The van der Waals surface area contributed by atoms with Gasteiger partial charge in [0, 0.05) is 13.1 Å². The minimum absolute atomic E-state index is 0.0181. The summed E-state index contributed by atoms with van der Waals surface area (Å²) in [5.74, 6) is -0.538. The molecule has 0 fully saturated rings. The number of carbonyl (C=O) groups is 1. The minimum Gasteiger partial charge on any atom is -0.324 e. The zero-order valence-corrected chi connectivity index (χ0v) is 17.3. The summed E-state index contributed by atoms with van der Waals surface area (Å²) in [4.78, 5) is 12.3. The first-order valence-corrected chi connectivity index (χ1v) is 10.6. The van der Waals surface area contributed by atoms with E-state index in [1.807, 2.05) is 0 Å². The van der Waals surface area contributed by atoms with Gasteiger partial charge in [0.1, 0.15) is 0 Å². The first kappa shape index (κ1) is 23.2. The Hall–Kier alpha value is -2.10. The molecule has 29 heavy (non-hydrogen) atoms. The van der Waals surface area contributed by atoms with Gasteiger partial charge in [0.2, 0.25) is 15.9 Å². The lowest BCUT2D eigenvalue weighted by Gasteiger charge is -2.19. The molecule has 0 spiro atoms. The summed E-state index contributed by atoms with van der Waals surface area (Å²) in [5.41, 5.74) is -0.325. The fraction of sp³-hybridized carbons (Fsp3) is 0.316. The van der Waals surface area contributed by atoms with Crippen LogP contribution in [0.4, 0.5) is 18.9 Å². The van der Waals surface area contributed by atoms with Gasteiger partial charge in [-0.05, 0) is 35.9 Å². The Labute approximate surface area is 172 Å². The van der Waals surface area contributed by atoms with Gasteiger partial charge in [-0.2, -0.15) is 17.5 Å². The topological polar surface area (TPSA) is 66.5 Å². The molecule has 0 aliphatic rings. The zero-order chi connectivity index (χ0) is 21.8. The van der Waals surface area contributed by atoms with Crippen LogP contribution in [-0.2, 0) is 27.4 Å². The van der Waals surface area contributed by atoms with Crippen LogP contribution in [0.25, 0.3) is 0 Å². The highest BCUT2D eigenvalue weighted by Crippen LogP contribution is 2.30. The Balaban J connectivity index is 2.18. The van der Waals surface area contributed by atoms with E-state index in [-0.39, 0.29) is 35.1 Å². The number of amides is 1. The molecule has 158 valence electrons. The standard InChI is InChI=1S/C19H20ClF3N2O3S/c1-3-25(4-2)29(27,28)15-9-10-16(20)17(12-15)24-18(26)11-13-5-7-14(8-6-13)19(21,22)23/h5-10,12H,3-4,11H2,1-2H3,(H,24,26). The molecular weight excluding hydrogens is 429 g/mol. The number of alkyl halides is 3. The molecule has 0 atom stereocenters. The van der Waals surface area contributed by atoms with Crippen LogP contribution in [0.5, 0.6) is 0 Å². The molecule has 0 aliphatic carbocycles. The number of rotatable bonds is 7.